The highest BCUT2D eigenvalue weighted by Gasteiger charge is 2.46. The van der Waals surface area contributed by atoms with E-state index in [0.29, 0.717) is 38.5 Å². The number of amides is 1. The Morgan fingerprint density at radius 3 is 2.54 bits per heavy atom. The SMILES string of the molecule is O=C1COC2(CCN(Cc3c(F)cc(Br)c(F)c3F)CC2)CN1C1CC1. The van der Waals surface area contributed by atoms with Crippen LogP contribution in [0.5, 0.6) is 0 Å². The molecule has 1 aromatic carbocycles. The van der Waals surface area contributed by atoms with Crippen LogP contribution in [0, 0.1) is 17.5 Å². The number of piperidine rings is 1. The van der Waals surface area contributed by atoms with E-state index >= 15 is 0 Å². The van der Waals surface area contributed by atoms with Crippen LogP contribution in [0.25, 0.3) is 0 Å². The Morgan fingerprint density at radius 2 is 1.88 bits per heavy atom. The summed E-state index contributed by atoms with van der Waals surface area (Å²) in [6.07, 6.45) is 3.49. The zero-order valence-electron chi connectivity index (χ0n) is 14.2. The Labute approximate surface area is 158 Å². The van der Waals surface area contributed by atoms with Crippen molar-refractivity contribution < 1.29 is 22.7 Å². The molecule has 4 rings (SSSR count). The summed E-state index contributed by atoms with van der Waals surface area (Å²) >= 11 is 2.81. The molecule has 0 radical (unpaired) electrons. The number of carbonyl (C=O) groups is 1. The molecule has 1 amide bonds. The van der Waals surface area contributed by atoms with Gasteiger partial charge in [0.15, 0.2) is 11.6 Å². The van der Waals surface area contributed by atoms with E-state index in [4.69, 9.17) is 4.74 Å². The van der Waals surface area contributed by atoms with E-state index in [0.717, 1.165) is 18.9 Å². The number of rotatable bonds is 3. The van der Waals surface area contributed by atoms with Gasteiger partial charge in [0.05, 0.1) is 16.6 Å². The van der Waals surface area contributed by atoms with Crippen LogP contribution < -0.4 is 0 Å². The molecule has 2 heterocycles. The molecule has 0 unspecified atom stereocenters. The summed E-state index contributed by atoms with van der Waals surface area (Å²) < 4.78 is 47.5. The molecule has 3 fully saturated rings. The molecular weight excluding hydrogens is 413 g/mol. The third kappa shape index (κ3) is 3.39. The highest BCUT2D eigenvalue weighted by Crippen LogP contribution is 2.36. The number of ether oxygens (including phenoxy) is 1. The number of benzene rings is 1. The molecule has 3 aliphatic rings. The van der Waals surface area contributed by atoms with Gasteiger partial charge in [-0.05, 0) is 47.7 Å². The molecule has 0 aromatic heterocycles. The largest absolute Gasteiger partial charge is 0.363 e. The fraction of sp³-hybridized carbons (Fsp3) is 0.611. The first kappa shape index (κ1) is 18.3. The summed E-state index contributed by atoms with van der Waals surface area (Å²) in [6, 6.07) is 1.32. The van der Waals surface area contributed by atoms with E-state index in [1.54, 1.807) is 0 Å². The standard InChI is InChI=1S/C18H20BrF3N2O2/c19-13-7-14(20)12(16(21)17(13)22)8-23-5-3-18(4-6-23)10-24(11-1-2-11)15(25)9-26-18/h7,11H,1-6,8-10H2. The quantitative estimate of drug-likeness (QED) is 0.542. The van der Waals surface area contributed by atoms with Gasteiger partial charge in [0.2, 0.25) is 5.91 Å². The molecular formula is C18H20BrF3N2O2. The average molecular weight is 433 g/mol. The number of hydrogen-bond donors (Lipinski definition) is 0. The predicted octanol–water partition coefficient (Wildman–Crippen LogP) is 3.22. The Kier molecular flexibility index (Phi) is 4.77. The van der Waals surface area contributed by atoms with Crippen LogP contribution in [0.1, 0.15) is 31.2 Å². The molecule has 26 heavy (non-hydrogen) atoms. The average Bonchev–Trinajstić information content (AvgIpc) is 3.46. The van der Waals surface area contributed by atoms with E-state index in [1.165, 1.54) is 0 Å². The van der Waals surface area contributed by atoms with E-state index < -0.39 is 17.5 Å². The highest BCUT2D eigenvalue weighted by molar-refractivity contribution is 9.10. The third-order valence-corrected chi connectivity index (χ3v) is 6.20. The Balaban J connectivity index is 1.41. The van der Waals surface area contributed by atoms with Crippen LogP contribution in [0.15, 0.2) is 10.5 Å². The lowest BCUT2D eigenvalue weighted by Crippen LogP contribution is -2.59. The molecule has 142 valence electrons. The van der Waals surface area contributed by atoms with Gasteiger partial charge in [0, 0.05) is 31.2 Å². The van der Waals surface area contributed by atoms with Crippen molar-refractivity contribution in [1.82, 2.24) is 9.80 Å². The first-order chi connectivity index (χ1) is 12.4. The first-order valence-corrected chi connectivity index (χ1v) is 9.65. The van der Waals surface area contributed by atoms with Crippen molar-refractivity contribution in [2.24, 2.45) is 0 Å². The maximum Gasteiger partial charge on any atom is 0.248 e. The molecule has 1 aliphatic carbocycles. The summed E-state index contributed by atoms with van der Waals surface area (Å²) in [7, 11) is 0. The Hall–Kier alpha value is -1.12. The van der Waals surface area contributed by atoms with Crippen molar-refractivity contribution >= 4 is 21.8 Å². The van der Waals surface area contributed by atoms with Crippen molar-refractivity contribution in [3.8, 4) is 0 Å². The molecule has 0 N–H and O–H groups in total. The van der Waals surface area contributed by atoms with Crippen molar-refractivity contribution in [3.05, 3.63) is 33.6 Å². The topological polar surface area (TPSA) is 32.8 Å². The smallest absolute Gasteiger partial charge is 0.248 e. The highest BCUT2D eigenvalue weighted by atomic mass is 79.9. The van der Waals surface area contributed by atoms with E-state index in [9.17, 15) is 18.0 Å². The maximum atomic E-state index is 14.1. The van der Waals surface area contributed by atoms with Crippen molar-refractivity contribution in [3.63, 3.8) is 0 Å². The van der Waals surface area contributed by atoms with Crippen LogP contribution >= 0.6 is 15.9 Å². The molecule has 0 atom stereocenters. The molecule has 8 heteroatoms. The minimum absolute atomic E-state index is 0.0171. The maximum absolute atomic E-state index is 14.1. The molecule has 1 saturated carbocycles. The number of carbonyl (C=O) groups excluding carboxylic acids is 1. The van der Waals surface area contributed by atoms with E-state index in [2.05, 4.69) is 15.9 Å². The summed E-state index contributed by atoms with van der Waals surface area (Å²) in [5.74, 6) is -2.91. The summed E-state index contributed by atoms with van der Waals surface area (Å²) in [4.78, 5) is 15.8. The van der Waals surface area contributed by atoms with Gasteiger partial charge in [-0.3, -0.25) is 9.69 Å². The fourth-order valence-corrected chi connectivity index (χ4v) is 4.23. The fourth-order valence-electron chi connectivity index (χ4n) is 3.85. The van der Waals surface area contributed by atoms with Crippen LogP contribution in [0.4, 0.5) is 13.2 Å². The Bertz CT molecular complexity index is 734. The minimum atomic E-state index is -1.14. The number of halogens is 4. The zero-order chi connectivity index (χ0) is 18.5. The monoisotopic (exact) mass is 432 g/mol. The Morgan fingerprint density at radius 1 is 1.19 bits per heavy atom. The lowest BCUT2D eigenvalue weighted by molar-refractivity contribution is -0.172. The van der Waals surface area contributed by atoms with Gasteiger partial charge in [-0.15, -0.1) is 0 Å². The van der Waals surface area contributed by atoms with Gasteiger partial charge >= 0.3 is 0 Å². The number of likely N-dealkylation sites (tertiary alicyclic amines) is 1. The molecule has 1 spiro atoms. The zero-order valence-corrected chi connectivity index (χ0v) is 15.8. The van der Waals surface area contributed by atoms with Crippen LogP contribution in [-0.4, -0.2) is 53.6 Å². The summed E-state index contributed by atoms with van der Waals surface area (Å²) in [5.41, 5.74) is -0.615. The second kappa shape index (κ2) is 6.80. The summed E-state index contributed by atoms with van der Waals surface area (Å²) in [6.45, 7) is 1.90. The predicted molar refractivity (Wildman–Crippen MR) is 91.9 cm³/mol. The first-order valence-electron chi connectivity index (χ1n) is 8.86. The molecule has 2 saturated heterocycles. The van der Waals surface area contributed by atoms with Crippen molar-refractivity contribution in [1.29, 1.82) is 0 Å². The van der Waals surface area contributed by atoms with Gasteiger partial charge in [-0.25, -0.2) is 13.2 Å². The molecule has 2 aliphatic heterocycles. The normalized spacial score (nSPS) is 23.7. The lowest BCUT2D eigenvalue weighted by atomic mass is 9.89. The number of nitrogens with zero attached hydrogens (tertiary/aromatic N) is 2. The molecule has 0 bridgehead atoms. The van der Waals surface area contributed by atoms with Gasteiger partial charge in [0.25, 0.3) is 0 Å². The molecule has 4 nitrogen and oxygen atoms in total. The van der Waals surface area contributed by atoms with Gasteiger partial charge in [-0.1, -0.05) is 0 Å². The third-order valence-electron chi connectivity index (χ3n) is 5.63. The van der Waals surface area contributed by atoms with E-state index in [1.807, 2.05) is 9.80 Å². The van der Waals surface area contributed by atoms with E-state index in [-0.39, 0.29) is 34.7 Å². The molecule has 1 aromatic rings. The number of hydrogen-bond acceptors (Lipinski definition) is 3. The van der Waals surface area contributed by atoms with Gasteiger partial charge < -0.3 is 9.64 Å². The van der Waals surface area contributed by atoms with Crippen LogP contribution in [0.3, 0.4) is 0 Å². The van der Waals surface area contributed by atoms with Crippen molar-refractivity contribution in [2.75, 3.05) is 26.2 Å². The van der Waals surface area contributed by atoms with Gasteiger partial charge in [0.1, 0.15) is 12.4 Å². The van der Waals surface area contributed by atoms with Crippen LogP contribution in [-0.2, 0) is 16.1 Å². The number of morpholine rings is 1. The van der Waals surface area contributed by atoms with Crippen molar-refractivity contribution in [2.45, 2.75) is 43.9 Å². The second-order valence-corrected chi connectivity index (χ2v) is 8.30. The lowest BCUT2D eigenvalue weighted by Gasteiger charge is -2.47. The summed E-state index contributed by atoms with van der Waals surface area (Å²) in [5, 5.41) is 0. The van der Waals surface area contributed by atoms with Crippen LogP contribution in [0.2, 0.25) is 0 Å². The second-order valence-electron chi connectivity index (χ2n) is 7.45. The van der Waals surface area contributed by atoms with Gasteiger partial charge in [-0.2, -0.15) is 0 Å². The minimum Gasteiger partial charge on any atom is -0.363 e.